The smallest absolute Gasteiger partial charge is 0.361 e. The third kappa shape index (κ3) is 4.12. The molecule has 0 aliphatic carbocycles. The van der Waals surface area contributed by atoms with Gasteiger partial charge in [0, 0.05) is 24.5 Å². The van der Waals surface area contributed by atoms with E-state index in [9.17, 15) is 18.0 Å². The van der Waals surface area contributed by atoms with Gasteiger partial charge in [-0.15, -0.1) is 5.10 Å². The van der Waals surface area contributed by atoms with E-state index in [0.29, 0.717) is 40.1 Å². The van der Waals surface area contributed by atoms with Crippen LogP contribution in [-0.2, 0) is 13.2 Å². The number of aromatic nitrogens is 3. The van der Waals surface area contributed by atoms with E-state index in [4.69, 9.17) is 0 Å². The summed E-state index contributed by atoms with van der Waals surface area (Å²) in [6.07, 6.45) is -1.53. The van der Waals surface area contributed by atoms with Gasteiger partial charge in [-0.3, -0.25) is 4.79 Å². The minimum absolute atomic E-state index is 0.125. The Hall–Kier alpha value is -3.20. The molecule has 6 nitrogen and oxygen atoms in total. The van der Waals surface area contributed by atoms with E-state index in [1.807, 2.05) is 0 Å². The fraction of sp³-hybridized carbons (Fsp3) is 0.348. The Bertz CT molecular complexity index is 1260. The van der Waals surface area contributed by atoms with E-state index in [2.05, 4.69) is 26.9 Å². The van der Waals surface area contributed by atoms with Crippen molar-refractivity contribution in [1.29, 1.82) is 0 Å². The van der Waals surface area contributed by atoms with Gasteiger partial charge in [0.15, 0.2) is 5.82 Å². The fourth-order valence-corrected chi connectivity index (χ4v) is 4.04. The molecule has 1 atom stereocenters. The largest absolute Gasteiger partial charge is 0.416 e. The molecule has 1 aliphatic rings. The fourth-order valence-electron chi connectivity index (χ4n) is 4.04. The number of halogens is 3. The summed E-state index contributed by atoms with van der Waals surface area (Å²) < 4.78 is 40.9. The van der Waals surface area contributed by atoms with Gasteiger partial charge in [-0.05, 0) is 56.1 Å². The molecule has 1 aromatic carbocycles. The first-order chi connectivity index (χ1) is 15.2. The third-order valence-electron chi connectivity index (χ3n) is 5.75. The molecule has 1 aliphatic heterocycles. The number of rotatable bonds is 4. The van der Waals surface area contributed by atoms with Gasteiger partial charge in [-0.2, -0.15) is 18.3 Å². The third-order valence-corrected chi connectivity index (χ3v) is 5.75. The van der Waals surface area contributed by atoms with Crippen LogP contribution in [0.5, 0.6) is 0 Å². The maximum Gasteiger partial charge on any atom is 0.416 e. The van der Waals surface area contributed by atoms with Crippen molar-refractivity contribution in [3.05, 3.63) is 69.1 Å². The van der Waals surface area contributed by atoms with Gasteiger partial charge in [0.25, 0.3) is 5.56 Å². The molecule has 0 bridgehead atoms. The summed E-state index contributed by atoms with van der Waals surface area (Å²) in [6.45, 7) is 5.00. The van der Waals surface area contributed by atoms with Crippen molar-refractivity contribution in [1.82, 2.24) is 20.1 Å². The first kappa shape index (κ1) is 22.0. The molecule has 168 valence electrons. The molecule has 0 radical (unpaired) electrons. The van der Waals surface area contributed by atoms with Crippen LogP contribution in [0.4, 0.5) is 19.0 Å². The van der Waals surface area contributed by atoms with Crippen LogP contribution >= 0.6 is 0 Å². The Morgan fingerprint density at radius 1 is 1.22 bits per heavy atom. The Morgan fingerprint density at radius 2 is 2.00 bits per heavy atom. The van der Waals surface area contributed by atoms with Gasteiger partial charge in [-0.1, -0.05) is 18.2 Å². The zero-order valence-corrected chi connectivity index (χ0v) is 18.0. The molecule has 9 heteroatoms. The first-order valence-corrected chi connectivity index (χ1v) is 10.4. The number of benzene rings is 1. The molecule has 4 rings (SSSR count). The lowest BCUT2D eigenvalue weighted by atomic mass is 10.0. The Labute approximate surface area is 183 Å². The standard InChI is InChI=1S/C23H24F3N5O/c1-13(15-6-4-8-17(10-15)23(24,25)26)28-21-19-11-18(16-7-5-9-27-12-16)22(32)31(3)20(19)14(2)29-30-21/h4,6-8,10-11,13,27H,5,9,12H2,1-3H3,(H,28,30)/t13-/m1/s1. The molecule has 3 aromatic rings. The Kier molecular flexibility index (Phi) is 5.77. The van der Waals surface area contributed by atoms with E-state index in [1.54, 1.807) is 37.6 Å². The summed E-state index contributed by atoms with van der Waals surface area (Å²) in [5.74, 6) is 0.414. The molecule has 0 saturated carbocycles. The highest BCUT2D eigenvalue weighted by Gasteiger charge is 2.30. The summed E-state index contributed by atoms with van der Waals surface area (Å²) in [6, 6.07) is 6.54. The number of hydrogen-bond donors (Lipinski definition) is 2. The topological polar surface area (TPSA) is 71.8 Å². The minimum atomic E-state index is -4.42. The molecule has 0 unspecified atom stereocenters. The molecule has 2 aromatic heterocycles. The van der Waals surface area contributed by atoms with Crippen LogP contribution in [0.2, 0.25) is 0 Å². The van der Waals surface area contributed by atoms with Crippen LogP contribution in [-0.4, -0.2) is 27.9 Å². The second kappa shape index (κ2) is 8.38. The average Bonchev–Trinajstić information content (AvgIpc) is 2.77. The maximum absolute atomic E-state index is 13.1. The molecule has 3 heterocycles. The Morgan fingerprint density at radius 3 is 2.69 bits per heavy atom. The van der Waals surface area contributed by atoms with Crippen LogP contribution in [0.3, 0.4) is 0 Å². The zero-order chi connectivity index (χ0) is 23.0. The van der Waals surface area contributed by atoms with Gasteiger partial charge in [0.2, 0.25) is 0 Å². The van der Waals surface area contributed by atoms with Crippen LogP contribution in [0.1, 0.15) is 41.8 Å². The molecule has 2 N–H and O–H groups in total. The highest BCUT2D eigenvalue weighted by Crippen LogP contribution is 2.32. The van der Waals surface area contributed by atoms with Crippen molar-refractivity contribution >= 4 is 22.3 Å². The number of aryl methyl sites for hydroxylation is 2. The molecular weight excluding hydrogens is 419 g/mol. The summed E-state index contributed by atoms with van der Waals surface area (Å²) >= 11 is 0. The molecule has 0 saturated heterocycles. The summed E-state index contributed by atoms with van der Waals surface area (Å²) in [4.78, 5) is 13.0. The lowest BCUT2D eigenvalue weighted by Gasteiger charge is -2.20. The van der Waals surface area contributed by atoms with E-state index in [0.717, 1.165) is 30.7 Å². The summed E-state index contributed by atoms with van der Waals surface area (Å²) in [7, 11) is 1.69. The first-order valence-electron chi connectivity index (χ1n) is 10.4. The predicted octanol–water partition coefficient (Wildman–Crippen LogP) is 4.21. The van der Waals surface area contributed by atoms with E-state index in [1.165, 1.54) is 6.07 Å². The second-order valence-corrected chi connectivity index (χ2v) is 8.00. The number of pyridine rings is 1. The molecule has 0 amide bonds. The predicted molar refractivity (Wildman–Crippen MR) is 118 cm³/mol. The minimum Gasteiger partial charge on any atom is -0.361 e. The van der Waals surface area contributed by atoms with Crippen LogP contribution in [0.15, 0.2) is 41.2 Å². The normalized spacial score (nSPS) is 15.5. The van der Waals surface area contributed by atoms with Crippen molar-refractivity contribution in [2.45, 2.75) is 32.5 Å². The van der Waals surface area contributed by atoms with Crippen LogP contribution in [0.25, 0.3) is 16.5 Å². The van der Waals surface area contributed by atoms with E-state index < -0.39 is 17.8 Å². The lowest BCUT2D eigenvalue weighted by Crippen LogP contribution is -2.28. The number of alkyl halides is 3. The van der Waals surface area contributed by atoms with Gasteiger partial charge in [0.05, 0.1) is 22.8 Å². The van der Waals surface area contributed by atoms with Gasteiger partial charge in [0.1, 0.15) is 0 Å². The average molecular weight is 443 g/mol. The molecule has 0 spiro atoms. The number of fused-ring (bicyclic) bond motifs is 1. The van der Waals surface area contributed by atoms with Crippen molar-refractivity contribution in [3.63, 3.8) is 0 Å². The van der Waals surface area contributed by atoms with Crippen molar-refractivity contribution in [2.75, 3.05) is 18.4 Å². The van der Waals surface area contributed by atoms with Crippen molar-refractivity contribution in [3.8, 4) is 0 Å². The number of hydrogen-bond acceptors (Lipinski definition) is 5. The van der Waals surface area contributed by atoms with Gasteiger partial charge >= 0.3 is 6.18 Å². The quantitative estimate of drug-likeness (QED) is 0.632. The number of anilines is 1. The monoisotopic (exact) mass is 443 g/mol. The second-order valence-electron chi connectivity index (χ2n) is 8.00. The van der Waals surface area contributed by atoms with E-state index in [-0.39, 0.29) is 5.56 Å². The summed E-state index contributed by atoms with van der Waals surface area (Å²) in [5, 5.41) is 15.6. The van der Waals surface area contributed by atoms with Gasteiger partial charge < -0.3 is 15.2 Å². The number of nitrogens with zero attached hydrogens (tertiary/aromatic N) is 3. The van der Waals surface area contributed by atoms with Crippen LogP contribution in [0, 0.1) is 6.92 Å². The summed E-state index contributed by atoms with van der Waals surface area (Å²) in [5.41, 5.74) is 2.38. The Balaban J connectivity index is 1.79. The molecule has 0 fully saturated rings. The SMILES string of the molecule is Cc1nnc(N[C@H](C)c2cccc(C(F)(F)F)c2)c2cc(C3=CCCNC3)c(=O)n(C)c12. The molecular formula is C23H24F3N5O. The van der Waals surface area contributed by atoms with E-state index >= 15 is 0 Å². The lowest BCUT2D eigenvalue weighted by molar-refractivity contribution is -0.137. The van der Waals surface area contributed by atoms with Crippen molar-refractivity contribution < 1.29 is 13.2 Å². The zero-order valence-electron chi connectivity index (χ0n) is 18.0. The van der Waals surface area contributed by atoms with Crippen LogP contribution < -0.4 is 16.2 Å². The van der Waals surface area contributed by atoms with Gasteiger partial charge in [-0.25, -0.2) is 0 Å². The van der Waals surface area contributed by atoms with Crippen molar-refractivity contribution in [2.24, 2.45) is 7.05 Å². The maximum atomic E-state index is 13.1. The highest BCUT2D eigenvalue weighted by atomic mass is 19.4. The number of nitrogens with one attached hydrogen (secondary N) is 2. The molecule has 32 heavy (non-hydrogen) atoms. The highest BCUT2D eigenvalue weighted by molar-refractivity contribution is 5.93.